The molecule has 1 aromatic heterocycles. The van der Waals surface area contributed by atoms with Crippen molar-refractivity contribution in [2.45, 2.75) is 4.90 Å². The van der Waals surface area contributed by atoms with Crippen molar-refractivity contribution in [1.82, 2.24) is 9.29 Å². The number of ether oxygens (including phenoxy) is 1. The summed E-state index contributed by atoms with van der Waals surface area (Å²) in [6.45, 7) is 4.46. The molecular formula is C23H25FN4O3S. The molecule has 0 aliphatic carbocycles. The Morgan fingerprint density at radius 2 is 1.56 bits per heavy atom. The number of hydrogen-bond acceptors (Lipinski definition) is 6. The van der Waals surface area contributed by atoms with Gasteiger partial charge in [0.2, 0.25) is 10.0 Å². The third-order valence-electron chi connectivity index (χ3n) is 6.05. The van der Waals surface area contributed by atoms with Gasteiger partial charge < -0.3 is 14.5 Å². The highest BCUT2D eigenvalue weighted by Crippen LogP contribution is 2.26. The predicted molar refractivity (Wildman–Crippen MR) is 122 cm³/mol. The average Bonchev–Trinajstić information content (AvgIpc) is 2.84. The van der Waals surface area contributed by atoms with E-state index in [0.717, 1.165) is 29.8 Å². The molecule has 3 heterocycles. The number of rotatable bonds is 4. The summed E-state index contributed by atoms with van der Waals surface area (Å²) in [7, 11) is -3.54. The molecule has 5 rings (SSSR count). The van der Waals surface area contributed by atoms with Crippen LogP contribution in [0.15, 0.2) is 59.5 Å². The van der Waals surface area contributed by atoms with Gasteiger partial charge in [-0.3, -0.25) is 0 Å². The number of piperazine rings is 1. The van der Waals surface area contributed by atoms with Crippen LogP contribution in [0.3, 0.4) is 0 Å². The topological polar surface area (TPSA) is 66.0 Å². The van der Waals surface area contributed by atoms with Crippen molar-refractivity contribution in [2.75, 3.05) is 62.3 Å². The van der Waals surface area contributed by atoms with E-state index in [9.17, 15) is 12.8 Å². The lowest BCUT2D eigenvalue weighted by Gasteiger charge is -2.36. The van der Waals surface area contributed by atoms with E-state index in [1.54, 1.807) is 24.3 Å². The molecule has 0 saturated carbocycles. The Hall–Kier alpha value is -2.75. The highest BCUT2D eigenvalue weighted by Gasteiger charge is 2.26. The molecule has 9 heteroatoms. The number of hydrogen-bond donors (Lipinski definition) is 0. The number of para-hydroxylation sites is 1. The summed E-state index contributed by atoms with van der Waals surface area (Å²) in [4.78, 5) is 9.26. The van der Waals surface area contributed by atoms with Crippen molar-refractivity contribution >= 4 is 32.4 Å². The largest absolute Gasteiger partial charge is 0.379 e. The first-order valence-corrected chi connectivity index (χ1v) is 12.2. The van der Waals surface area contributed by atoms with Crippen LogP contribution in [0.1, 0.15) is 0 Å². The Labute approximate surface area is 187 Å². The maximum atomic E-state index is 14.1. The van der Waals surface area contributed by atoms with E-state index in [0.29, 0.717) is 45.1 Å². The standard InChI is InChI=1S/C23H25FN4O3S/c24-20-3-1-2-4-22(20)26-9-11-27(12-10-26)23-8-5-18-17-19(6-7-21(18)25-23)32(29,30)28-13-15-31-16-14-28/h1-8,17H,9-16H2. The fourth-order valence-electron chi connectivity index (χ4n) is 4.25. The van der Waals surface area contributed by atoms with E-state index in [-0.39, 0.29) is 10.7 Å². The van der Waals surface area contributed by atoms with Gasteiger partial charge in [0.1, 0.15) is 11.6 Å². The van der Waals surface area contributed by atoms with E-state index in [1.807, 2.05) is 24.3 Å². The van der Waals surface area contributed by atoms with Gasteiger partial charge in [0.15, 0.2) is 0 Å². The molecule has 0 amide bonds. The molecule has 2 fully saturated rings. The minimum Gasteiger partial charge on any atom is -0.379 e. The van der Waals surface area contributed by atoms with Crippen molar-refractivity contribution in [3.63, 3.8) is 0 Å². The molecule has 168 valence electrons. The molecule has 2 aromatic carbocycles. The van der Waals surface area contributed by atoms with Crippen molar-refractivity contribution in [3.05, 3.63) is 60.4 Å². The maximum absolute atomic E-state index is 14.1. The molecule has 2 aliphatic rings. The smallest absolute Gasteiger partial charge is 0.243 e. The summed E-state index contributed by atoms with van der Waals surface area (Å²) in [6, 6.07) is 15.8. The number of pyridine rings is 1. The lowest BCUT2D eigenvalue weighted by molar-refractivity contribution is 0.0730. The first-order chi connectivity index (χ1) is 15.5. The number of sulfonamides is 1. The van der Waals surface area contributed by atoms with Crippen LogP contribution in [0.4, 0.5) is 15.9 Å². The molecule has 0 spiro atoms. The van der Waals surface area contributed by atoms with Crippen molar-refractivity contribution in [1.29, 1.82) is 0 Å². The third-order valence-corrected chi connectivity index (χ3v) is 7.95. The van der Waals surface area contributed by atoms with Crippen LogP contribution in [0.5, 0.6) is 0 Å². The number of aromatic nitrogens is 1. The van der Waals surface area contributed by atoms with Crippen LogP contribution in [-0.4, -0.2) is 70.2 Å². The van der Waals surface area contributed by atoms with Crippen molar-refractivity contribution < 1.29 is 17.5 Å². The zero-order valence-corrected chi connectivity index (χ0v) is 18.5. The highest BCUT2D eigenvalue weighted by molar-refractivity contribution is 7.89. The number of halogens is 1. The molecule has 32 heavy (non-hydrogen) atoms. The summed E-state index contributed by atoms with van der Waals surface area (Å²) in [5, 5.41) is 0.785. The Kier molecular flexibility index (Phi) is 5.71. The molecule has 3 aromatic rings. The Morgan fingerprint density at radius 3 is 2.31 bits per heavy atom. The van der Waals surface area contributed by atoms with Gasteiger partial charge in [0.25, 0.3) is 0 Å². The number of morpholine rings is 1. The van der Waals surface area contributed by atoms with Crippen molar-refractivity contribution in [3.8, 4) is 0 Å². The Bertz CT molecular complexity index is 1220. The van der Waals surface area contributed by atoms with Crippen LogP contribution in [0, 0.1) is 5.82 Å². The van der Waals surface area contributed by atoms with Crippen LogP contribution in [0.25, 0.3) is 10.9 Å². The second-order valence-electron chi connectivity index (χ2n) is 7.97. The van der Waals surface area contributed by atoms with Gasteiger partial charge in [0.05, 0.1) is 29.3 Å². The molecule has 0 radical (unpaired) electrons. The number of anilines is 2. The summed E-state index contributed by atoms with van der Waals surface area (Å²) in [5.41, 5.74) is 1.38. The van der Waals surface area contributed by atoms with Gasteiger partial charge in [-0.25, -0.2) is 17.8 Å². The fourth-order valence-corrected chi connectivity index (χ4v) is 5.69. The second kappa shape index (κ2) is 8.65. The Balaban J connectivity index is 1.32. The normalized spacial score (nSPS) is 18.3. The Morgan fingerprint density at radius 1 is 0.844 bits per heavy atom. The first kappa shape index (κ1) is 21.1. The average molecular weight is 457 g/mol. The van der Waals surface area contributed by atoms with E-state index < -0.39 is 10.0 Å². The molecular weight excluding hydrogens is 431 g/mol. The minimum absolute atomic E-state index is 0.201. The summed E-state index contributed by atoms with van der Waals surface area (Å²) in [6.07, 6.45) is 0. The third kappa shape index (κ3) is 4.03. The van der Waals surface area contributed by atoms with Gasteiger partial charge in [-0.15, -0.1) is 0 Å². The summed E-state index contributed by atoms with van der Waals surface area (Å²) >= 11 is 0. The molecule has 2 saturated heterocycles. The maximum Gasteiger partial charge on any atom is 0.243 e. The van der Waals surface area contributed by atoms with E-state index in [4.69, 9.17) is 9.72 Å². The van der Waals surface area contributed by atoms with E-state index in [2.05, 4.69) is 9.80 Å². The van der Waals surface area contributed by atoms with Crippen LogP contribution >= 0.6 is 0 Å². The van der Waals surface area contributed by atoms with Gasteiger partial charge in [-0.2, -0.15) is 4.31 Å². The number of benzene rings is 2. The fraction of sp³-hybridized carbons (Fsp3) is 0.348. The van der Waals surface area contributed by atoms with Gasteiger partial charge in [-0.1, -0.05) is 12.1 Å². The molecule has 0 atom stereocenters. The molecule has 0 bridgehead atoms. The molecule has 7 nitrogen and oxygen atoms in total. The van der Waals surface area contributed by atoms with Gasteiger partial charge in [-0.05, 0) is 42.5 Å². The first-order valence-electron chi connectivity index (χ1n) is 10.8. The number of nitrogens with zero attached hydrogens (tertiary/aromatic N) is 4. The summed E-state index contributed by atoms with van der Waals surface area (Å²) < 4.78 is 46.7. The van der Waals surface area contributed by atoms with Crippen LogP contribution < -0.4 is 9.80 Å². The lowest BCUT2D eigenvalue weighted by atomic mass is 10.2. The van der Waals surface area contributed by atoms with E-state index >= 15 is 0 Å². The molecule has 0 unspecified atom stereocenters. The predicted octanol–water partition coefficient (Wildman–Crippen LogP) is 2.72. The van der Waals surface area contributed by atoms with Gasteiger partial charge in [0, 0.05) is 44.7 Å². The van der Waals surface area contributed by atoms with Gasteiger partial charge >= 0.3 is 0 Å². The zero-order valence-electron chi connectivity index (χ0n) is 17.7. The van der Waals surface area contributed by atoms with E-state index in [1.165, 1.54) is 10.4 Å². The van der Waals surface area contributed by atoms with Crippen LogP contribution in [0.2, 0.25) is 0 Å². The quantitative estimate of drug-likeness (QED) is 0.602. The minimum atomic E-state index is -3.54. The SMILES string of the molecule is O=S(=O)(c1ccc2nc(N3CCN(c4ccccc4F)CC3)ccc2c1)N1CCOCC1. The zero-order chi connectivity index (χ0) is 22.1. The molecule has 2 aliphatic heterocycles. The highest BCUT2D eigenvalue weighted by atomic mass is 32.2. The van der Waals surface area contributed by atoms with Crippen LogP contribution in [-0.2, 0) is 14.8 Å². The number of fused-ring (bicyclic) bond motifs is 1. The summed E-state index contributed by atoms with van der Waals surface area (Å²) in [5.74, 6) is 0.641. The second-order valence-corrected chi connectivity index (χ2v) is 9.90. The monoisotopic (exact) mass is 456 g/mol. The van der Waals surface area contributed by atoms with Crippen molar-refractivity contribution in [2.24, 2.45) is 0 Å². The molecule has 0 N–H and O–H groups in total. The lowest BCUT2D eigenvalue weighted by Crippen LogP contribution is -2.47.